The number of rotatable bonds is 4. The molecule has 1 unspecified atom stereocenters. The van der Waals surface area contributed by atoms with Gasteiger partial charge in [-0.15, -0.1) is 24.0 Å². The number of aryl methyl sites for hydroxylation is 2. The quantitative estimate of drug-likeness (QED) is 0.404. The van der Waals surface area contributed by atoms with E-state index < -0.39 is 0 Å². The Hall–Kier alpha value is -1.91. The van der Waals surface area contributed by atoms with Gasteiger partial charge in [-0.1, -0.05) is 6.07 Å². The zero-order chi connectivity index (χ0) is 17.8. The molecule has 0 saturated heterocycles. The molecule has 1 aliphatic heterocycles. The Labute approximate surface area is 171 Å². The van der Waals surface area contributed by atoms with E-state index in [1.54, 1.807) is 7.05 Å². The number of fused-ring (bicyclic) bond motifs is 1. The van der Waals surface area contributed by atoms with E-state index in [4.69, 9.17) is 0 Å². The van der Waals surface area contributed by atoms with Crippen molar-refractivity contribution in [2.75, 3.05) is 26.0 Å². The topological polar surface area (TPSA) is 83.3 Å². The number of halogens is 1. The molecule has 0 amide bonds. The van der Waals surface area contributed by atoms with E-state index in [9.17, 15) is 0 Å². The molecule has 3 heterocycles. The van der Waals surface area contributed by atoms with Gasteiger partial charge in [-0.3, -0.25) is 4.99 Å². The van der Waals surface area contributed by atoms with Crippen LogP contribution in [-0.4, -0.2) is 46.9 Å². The highest BCUT2D eigenvalue weighted by molar-refractivity contribution is 14.0. The molecule has 142 valence electrons. The molecular formula is C17H27IN8. The maximum Gasteiger partial charge on any atom is 0.191 e. The molecule has 2 aromatic rings. The van der Waals surface area contributed by atoms with Gasteiger partial charge >= 0.3 is 0 Å². The van der Waals surface area contributed by atoms with Crippen molar-refractivity contribution in [3.63, 3.8) is 0 Å². The van der Waals surface area contributed by atoms with Crippen LogP contribution in [0, 0.1) is 6.92 Å². The first kappa shape index (κ1) is 20.4. The molecule has 1 aliphatic rings. The maximum absolute atomic E-state index is 4.62. The van der Waals surface area contributed by atoms with E-state index in [1.807, 2.05) is 48.8 Å². The maximum atomic E-state index is 4.62. The average Bonchev–Trinajstić information content (AvgIpc) is 2.99. The average molecular weight is 470 g/mol. The second-order valence-electron chi connectivity index (χ2n) is 6.39. The normalized spacial score (nSPS) is 16.5. The van der Waals surface area contributed by atoms with Crippen LogP contribution < -0.4 is 15.5 Å². The minimum atomic E-state index is 0. The molecule has 0 radical (unpaired) electrons. The molecule has 0 saturated carbocycles. The third-order valence-corrected chi connectivity index (χ3v) is 4.20. The first-order valence-corrected chi connectivity index (χ1v) is 8.58. The van der Waals surface area contributed by atoms with Crippen LogP contribution in [0.15, 0.2) is 23.2 Å². The van der Waals surface area contributed by atoms with Gasteiger partial charge in [0, 0.05) is 27.7 Å². The van der Waals surface area contributed by atoms with Gasteiger partial charge in [-0.2, -0.15) is 5.10 Å². The monoisotopic (exact) mass is 470 g/mol. The van der Waals surface area contributed by atoms with Gasteiger partial charge in [0.15, 0.2) is 5.96 Å². The fourth-order valence-electron chi connectivity index (χ4n) is 2.95. The van der Waals surface area contributed by atoms with Crippen LogP contribution in [0.3, 0.4) is 0 Å². The van der Waals surface area contributed by atoms with Crippen molar-refractivity contribution in [3.8, 4) is 0 Å². The third kappa shape index (κ3) is 4.83. The van der Waals surface area contributed by atoms with Crippen molar-refractivity contribution in [2.45, 2.75) is 38.9 Å². The summed E-state index contributed by atoms with van der Waals surface area (Å²) in [6.45, 7) is 3.47. The Morgan fingerprint density at radius 1 is 1.35 bits per heavy atom. The highest BCUT2D eigenvalue weighted by Crippen LogP contribution is 2.22. The Bertz CT molecular complexity index is 755. The summed E-state index contributed by atoms with van der Waals surface area (Å²) in [5.74, 6) is 3.49. The van der Waals surface area contributed by atoms with Crippen LogP contribution in [0.1, 0.15) is 36.2 Å². The lowest BCUT2D eigenvalue weighted by Crippen LogP contribution is -2.41. The molecule has 2 aromatic heterocycles. The van der Waals surface area contributed by atoms with Gasteiger partial charge in [0.25, 0.3) is 0 Å². The first-order chi connectivity index (χ1) is 12.1. The third-order valence-electron chi connectivity index (χ3n) is 4.20. The van der Waals surface area contributed by atoms with E-state index in [1.165, 1.54) is 0 Å². The van der Waals surface area contributed by atoms with E-state index in [2.05, 4.69) is 30.7 Å². The SMILES string of the molecule is CN=C(NCc1cccc(N(C)C)n1)NC1CCCn2nc(C)nc21.I. The number of nitrogens with one attached hydrogen (secondary N) is 2. The lowest BCUT2D eigenvalue weighted by atomic mass is 10.1. The zero-order valence-corrected chi connectivity index (χ0v) is 18.1. The minimum Gasteiger partial charge on any atom is -0.363 e. The summed E-state index contributed by atoms with van der Waals surface area (Å²) in [5, 5.41) is 11.2. The minimum absolute atomic E-state index is 0. The molecule has 0 fully saturated rings. The predicted molar refractivity (Wildman–Crippen MR) is 114 cm³/mol. The second kappa shape index (κ2) is 9.15. The van der Waals surface area contributed by atoms with Crippen LogP contribution in [0.5, 0.6) is 0 Å². The molecule has 0 aliphatic carbocycles. The van der Waals surface area contributed by atoms with Crippen LogP contribution in [0.25, 0.3) is 0 Å². The summed E-state index contributed by atoms with van der Waals surface area (Å²) in [6, 6.07) is 6.14. The number of hydrogen-bond donors (Lipinski definition) is 2. The number of hydrogen-bond acceptors (Lipinski definition) is 5. The van der Waals surface area contributed by atoms with Crippen molar-refractivity contribution >= 4 is 35.8 Å². The van der Waals surface area contributed by atoms with Crippen molar-refractivity contribution in [2.24, 2.45) is 4.99 Å². The van der Waals surface area contributed by atoms with E-state index >= 15 is 0 Å². The highest BCUT2D eigenvalue weighted by Gasteiger charge is 2.24. The molecule has 0 bridgehead atoms. The molecule has 3 rings (SSSR count). The van der Waals surface area contributed by atoms with Gasteiger partial charge in [-0.25, -0.2) is 14.6 Å². The fraction of sp³-hybridized carbons (Fsp3) is 0.529. The standard InChI is InChI=1S/C17H26N8.HI/c1-12-20-16-14(8-6-10-25(16)23-12)22-17(18-2)19-11-13-7-5-9-15(21-13)24(3)4;/h5,7,9,14H,6,8,10-11H2,1-4H3,(H2,18,19,22);1H. The smallest absolute Gasteiger partial charge is 0.191 e. The Balaban J connectivity index is 0.00000243. The van der Waals surface area contributed by atoms with E-state index in [0.29, 0.717) is 6.54 Å². The van der Waals surface area contributed by atoms with Gasteiger partial charge in [0.05, 0.1) is 18.3 Å². The van der Waals surface area contributed by atoms with Gasteiger partial charge in [0.2, 0.25) is 0 Å². The molecule has 0 aromatic carbocycles. The summed E-state index contributed by atoms with van der Waals surface area (Å²) < 4.78 is 1.99. The number of aliphatic imine (C=N–C) groups is 1. The summed E-state index contributed by atoms with van der Waals surface area (Å²) >= 11 is 0. The number of anilines is 1. The fourth-order valence-corrected chi connectivity index (χ4v) is 2.95. The van der Waals surface area contributed by atoms with Gasteiger partial charge < -0.3 is 15.5 Å². The van der Waals surface area contributed by atoms with Crippen molar-refractivity contribution < 1.29 is 0 Å². The largest absolute Gasteiger partial charge is 0.363 e. The summed E-state index contributed by atoms with van der Waals surface area (Å²) in [5.41, 5.74) is 0.969. The van der Waals surface area contributed by atoms with E-state index in [0.717, 1.165) is 48.5 Å². The van der Waals surface area contributed by atoms with Crippen molar-refractivity contribution in [1.29, 1.82) is 0 Å². The van der Waals surface area contributed by atoms with E-state index in [-0.39, 0.29) is 30.0 Å². The molecule has 0 spiro atoms. The summed E-state index contributed by atoms with van der Waals surface area (Å²) in [6.07, 6.45) is 2.10. The Morgan fingerprint density at radius 3 is 2.88 bits per heavy atom. The van der Waals surface area contributed by atoms with Gasteiger partial charge in [0.1, 0.15) is 17.5 Å². The number of nitrogens with zero attached hydrogens (tertiary/aromatic N) is 6. The molecule has 9 heteroatoms. The lowest BCUT2D eigenvalue weighted by Gasteiger charge is -2.25. The molecular weight excluding hydrogens is 443 g/mol. The van der Waals surface area contributed by atoms with Crippen molar-refractivity contribution in [1.82, 2.24) is 30.4 Å². The highest BCUT2D eigenvalue weighted by atomic mass is 127. The summed E-state index contributed by atoms with van der Waals surface area (Å²) in [7, 11) is 5.75. The van der Waals surface area contributed by atoms with Crippen LogP contribution >= 0.6 is 24.0 Å². The lowest BCUT2D eigenvalue weighted by molar-refractivity contribution is 0.397. The Morgan fingerprint density at radius 2 is 2.15 bits per heavy atom. The van der Waals surface area contributed by atoms with Crippen molar-refractivity contribution in [3.05, 3.63) is 35.5 Å². The number of pyridine rings is 1. The predicted octanol–water partition coefficient (Wildman–Crippen LogP) is 1.87. The Kier molecular flexibility index (Phi) is 7.18. The number of guanidine groups is 1. The molecule has 8 nitrogen and oxygen atoms in total. The van der Waals surface area contributed by atoms with Crippen LogP contribution in [-0.2, 0) is 13.1 Å². The molecule has 26 heavy (non-hydrogen) atoms. The second-order valence-corrected chi connectivity index (χ2v) is 6.39. The summed E-state index contributed by atoms with van der Waals surface area (Å²) in [4.78, 5) is 15.5. The number of aromatic nitrogens is 4. The first-order valence-electron chi connectivity index (χ1n) is 8.58. The van der Waals surface area contributed by atoms with Crippen LogP contribution in [0.4, 0.5) is 5.82 Å². The molecule has 1 atom stereocenters. The zero-order valence-electron chi connectivity index (χ0n) is 15.7. The molecule has 2 N–H and O–H groups in total. The van der Waals surface area contributed by atoms with Crippen LogP contribution in [0.2, 0.25) is 0 Å². The van der Waals surface area contributed by atoms with Gasteiger partial charge in [-0.05, 0) is 31.9 Å².